The summed E-state index contributed by atoms with van der Waals surface area (Å²) < 4.78 is 6.87. The minimum absolute atomic E-state index is 0.123. The van der Waals surface area contributed by atoms with Crippen molar-refractivity contribution in [1.29, 1.82) is 0 Å². The van der Waals surface area contributed by atoms with E-state index in [2.05, 4.69) is 31.3 Å². The summed E-state index contributed by atoms with van der Waals surface area (Å²) in [4.78, 5) is 38.7. The lowest BCUT2D eigenvalue weighted by Gasteiger charge is -2.08. The summed E-state index contributed by atoms with van der Waals surface area (Å²) >= 11 is 3.15. The predicted molar refractivity (Wildman–Crippen MR) is 106 cm³/mol. The van der Waals surface area contributed by atoms with Crippen molar-refractivity contribution in [2.45, 2.75) is 6.92 Å². The van der Waals surface area contributed by atoms with E-state index in [4.69, 9.17) is 4.74 Å². The van der Waals surface area contributed by atoms with Crippen LogP contribution >= 0.6 is 15.9 Å². The minimum Gasteiger partial charge on any atom is -0.452 e. The number of non-ortho nitro benzene ring substituents is 1. The first kappa shape index (κ1) is 20.1. The summed E-state index contributed by atoms with van der Waals surface area (Å²) in [6, 6.07) is 9.19. The van der Waals surface area contributed by atoms with Gasteiger partial charge in [-0.1, -0.05) is 6.07 Å². The molecular formula is C18H14BrN5O5. The van der Waals surface area contributed by atoms with Gasteiger partial charge in [0.15, 0.2) is 12.4 Å². The van der Waals surface area contributed by atoms with Crippen molar-refractivity contribution < 1.29 is 19.2 Å². The van der Waals surface area contributed by atoms with Gasteiger partial charge in [0, 0.05) is 22.8 Å². The fourth-order valence-electron chi connectivity index (χ4n) is 2.43. The molecule has 1 aromatic carbocycles. The lowest BCUT2D eigenvalue weighted by molar-refractivity contribution is -0.384. The van der Waals surface area contributed by atoms with Gasteiger partial charge in [-0.2, -0.15) is 5.10 Å². The number of nitrogens with one attached hydrogen (secondary N) is 1. The topological polar surface area (TPSA) is 129 Å². The Hall–Kier alpha value is -3.60. The van der Waals surface area contributed by atoms with E-state index in [1.54, 1.807) is 31.3 Å². The van der Waals surface area contributed by atoms with E-state index in [1.807, 2.05) is 0 Å². The summed E-state index contributed by atoms with van der Waals surface area (Å²) in [6.07, 6.45) is 2.95. The van der Waals surface area contributed by atoms with E-state index in [-0.39, 0.29) is 11.3 Å². The Morgan fingerprint density at radius 3 is 2.76 bits per heavy atom. The molecule has 2 aromatic heterocycles. The lowest BCUT2D eigenvalue weighted by atomic mass is 10.2. The number of anilines is 1. The second-order valence-electron chi connectivity index (χ2n) is 5.79. The van der Waals surface area contributed by atoms with Gasteiger partial charge in [-0.3, -0.25) is 14.9 Å². The Kier molecular flexibility index (Phi) is 5.98. The van der Waals surface area contributed by atoms with Crippen LogP contribution in [0.3, 0.4) is 0 Å². The van der Waals surface area contributed by atoms with Crippen molar-refractivity contribution in [1.82, 2.24) is 14.8 Å². The predicted octanol–water partition coefficient (Wildman–Crippen LogP) is 3.04. The third-order valence-electron chi connectivity index (χ3n) is 3.87. The number of halogens is 1. The van der Waals surface area contributed by atoms with Crippen LogP contribution in [0.2, 0.25) is 0 Å². The van der Waals surface area contributed by atoms with Crippen LogP contribution in [0, 0.1) is 17.0 Å². The first-order valence-corrected chi connectivity index (χ1v) is 9.03. The van der Waals surface area contributed by atoms with Gasteiger partial charge in [0.1, 0.15) is 5.56 Å². The molecule has 29 heavy (non-hydrogen) atoms. The summed E-state index contributed by atoms with van der Waals surface area (Å²) in [6.45, 7) is 1.16. The number of hydrogen-bond acceptors (Lipinski definition) is 7. The van der Waals surface area contributed by atoms with Gasteiger partial charge in [-0.15, -0.1) is 0 Å². The largest absolute Gasteiger partial charge is 0.452 e. The van der Waals surface area contributed by atoms with Crippen LogP contribution in [0.4, 0.5) is 11.4 Å². The summed E-state index contributed by atoms with van der Waals surface area (Å²) in [5, 5.41) is 17.4. The van der Waals surface area contributed by atoms with Crippen molar-refractivity contribution in [3.05, 3.63) is 74.6 Å². The van der Waals surface area contributed by atoms with Crippen LogP contribution in [-0.2, 0) is 9.53 Å². The Bertz CT molecular complexity index is 1080. The average molecular weight is 460 g/mol. The van der Waals surface area contributed by atoms with Crippen molar-refractivity contribution in [3.8, 4) is 5.82 Å². The second kappa shape index (κ2) is 8.61. The Morgan fingerprint density at radius 2 is 2.10 bits per heavy atom. The van der Waals surface area contributed by atoms with Crippen molar-refractivity contribution in [3.63, 3.8) is 0 Å². The molecule has 0 unspecified atom stereocenters. The number of nitrogens with zero attached hydrogens (tertiary/aromatic N) is 4. The van der Waals surface area contributed by atoms with Crippen LogP contribution in [0.25, 0.3) is 5.82 Å². The summed E-state index contributed by atoms with van der Waals surface area (Å²) in [7, 11) is 0. The standard InChI is InChI=1S/C18H14BrN5O5/c1-11-13(9-21-23(11)16-4-2-3-7-20-16)18(26)29-10-17(25)22-15-6-5-12(24(27)28)8-14(15)19/h2-9H,10H2,1H3,(H,22,25). The Balaban J connectivity index is 1.62. The van der Waals surface area contributed by atoms with Crippen LogP contribution in [-0.4, -0.2) is 38.2 Å². The van der Waals surface area contributed by atoms with Gasteiger partial charge in [0.25, 0.3) is 11.6 Å². The molecule has 0 atom stereocenters. The van der Waals surface area contributed by atoms with E-state index in [1.165, 1.54) is 29.1 Å². The molecule has 3 aromatic rings. The molecule has 148 valence electrons. The maximum absolute atomic E-state index is 12.3. The number of hydrogen-bond donors (Lipinski definition) is 1. The molecule has 2 heterocycles. The molecule has 0 saturated heterocycles. The highest BCUT2D eigenvalue weighted by molar-refractivity contribution is 9.10. The quantitative estimate of drug-likeness (QED) is 0.340. The van der Waals surface area contributed by atoms with Gasteiger partial charge in [-0.05, 0) is 41.1 Å². The molecule has 0 saturated carbocycles. The molecule has 0 aliphatic rings. The van der Waals surface area contributed by atoms with Crippen molar-refractivity contribution in [2.75, 3.05) is 11.9 Å². The van der Waals surface area contributed by atoms with Gasteiger partial charge in [0.2, 0.25) is 0 Å². The third-order valence-corrected chi connectivity index (χ3v) is 4.52. The van der Waals surface area contributed by atoms with Crippen molar-refractivity contribution in [2.24, 2.45) is 0 Å². The van der Waals surface area contributed by atoms with Crippen LogP contribution in [0.15, 0.2) is 53.3 Å². The molecule has 0 spiro atoms. The third kappa shape index (κ3) is 4.63. The average Bonchev–Trinajstić information content (AvgIpc) is 3.09. The Labute approximate surface area is 172 Å². The molecule has 0 aliphatic carbocycles. The number of carbonyl (C=O) groups is 2. The maximum Gasteiger partial charge on any atom is 0.342 e. The molecular weight excluding hydrogens is 446 g/mol. The number of nitro groups is 1. The van der Waals surface area contributed by atoms with Crippen molar-refractivity contribution >= 4 is 39.2 Å². The molecule has 11 heteroatoms. The van der Waals surface area contributed by atoms with E-state index in [0.717, 1.165) is 0 Å². The number of pyridine rings is 1. The van der Waals surface area contributed by atoms with Crippen LogP contribution in [0.5, 0.6) is 0 Å². The number of nitro benzene ring substituents is 1. The normalized spacial score (nSPS) is 10.4. The molecule has 1 N–H and O–H groups in total. The van der Waals surface area contributed by atoms with Crippen LogP contribution < -0.4 is 5.32 Å². The zero-order valence-electron chi connectivity index (χ0n) is 15.0. The van der Waals surface area contributed by atoms with Gasteiger partial charge < -0.3 is 10.1 Å². The zero-order chi connectivity index (χ0) is 21.0. The monoisotopic (exact) mass is 459 g/mol. The number of benzene rings is 1. The fourth-order valence-corrected chi connectivity index (χ4v) is 2.90. The highest BCUT2D eigenvalue weighted by atomic mass is 79.9. The molecule has 0 fully saturated rings. The highest BCUT2D eigenvalue weighted by Gasteiger charge is 2.18. The van der Waals surface area contributed by atoms with Gasteiger partial charge >= 0.3 is 5.97 Å². The van der Waals surface area contributed by atoms with E-state index in [0.29, 0.717) is 21.7 Å². The van der Waals surface area contributed by atoms with E-state index in [9.17, 15) is 19.7 Å². The lowest BCUT2D eigenvalue weighted by Crippen LogP contribution is -2.21. The first-order chi connectivity index (χ1) is 13.9. The summed E-state index contributed by atoms with van der Waals surface area (Å²) in [5.74, 6) is -0.755. The number of ether oxygens (including phenoxy) is 1. The first-order valence-electron chi connectivity index (χ1n) is 8.23. The van der Waals surface area contributed by atoms with E-state index < -0.39 is 23.4 Å². The minimum atomic E-state index is -0.706. The highest BCUT2D eigenvalue weighted by Crippen LogP contribution is 2.27. The fraction of sp³-hybridized carbons (Fsp3) is 0.111. The summed E-state index contributed by atoms with van der Waals surface area (Å²) in [5.41, 5.74) is 0.921. The number of amides is 1. The number of esters is 1. The maximum atomic E-state index is 12.3. The molecule has 3 rings (SSSR count). The smallest absolute Gasteiger partial charge is 0.342 e. The Morgan fingerprint density at radius 1 is 1.31 bits per heavy atom. The van der Waals surface area contributed by atoms with Gasteiger partial charge in [0.05, 0.1) is 22.5 Å². The molecule has 0 aliphatic heterocycles. The van der Waals surface area contributed by atoms with E-state index >= 15 is 0 Å². The zero-order valence-corrected chi connectivity index (χ0v) is 16.6. The van der Waals surface area contributed by atoms with Crippen LogP contribution in [0.1, 0.15) is 16.1 Å². The number of rotatable bonds is 6. The molecule has 0 radical (unpaired) electrons. The number of carbonyl (C=O) groups excluding carboxylic acids is 2. The van der Waals surface area contributed by atoms with Gasteiger partial charge in [-0.25, -0.2) is 14.5 Å². The SMILES string of the molecule is Cc1c(C(=O)OCC(=O)Nc2ccc([N+](=O)[O-])cc2Br)cnn1-c1ccccn1. The molecule has 0 bridgehead atoms. The number of aromatic nitrogens is 3. The molecule has 1 amide bonds. The molecule has 10 nitrogen and oxygen atoms in total. The second-order valence-corrected chi connectivity index (χ2v) is 6.64.